The fourth-order valence-corrected chi connectivity index (χ4v) is 4.72. The van der Waals surface area contributed by atoms with Crippen LogP contribution in [0.25, 0.3) is 10.6 Å². The van der Waals surface area contributed by atoms with E-state index in [1.54, 1.807) is 24.4 Å². The molecule has 0 spiro atoms. The van der Waals surface area contributed by atoms with E-state index < -0.39 is 29.7 Å². The number of nitrogens with zero attached hydrogens (tertiary/aromatic N) is 1. The molecule has 0 saturated heterocycles. The molecule has 1 aromatic heterocycles. The van der Waals surface area contributed by atoms with Gasteiger partial charge in [-0.15, -0.1) is 11.3 Å². The van der Waals surface area contributed by atoms with Gasteiger partial charge in [0.1, 0.15) is 22.7 Å². The van der Waals surface area contributed by atoms with Crippen molar-refractivity contribution in [3.8, 4) is 10.6 Å². The van der Waals surface area contributed by atoms with Gasteiger partial charge >= 0.3 is 5.97 Å². The molecule has 0 aliphatic heterocycles. The summed E-state index contributed by atoms with van der Waals surface area (Å²) in [6.07, 6.45) is 2.04. The molecule has 0 aliphatic carbocycles. The van der Waals surface area contributed by atoms with Crippen LogP contribution < -0.4 is 11.1 Å². The average Bonchev–Trinajstić information content (AvgIpc) is 3.43. The van der Waals surface area contributed by atoms with Crippen molar-refractivity contribution in [2.75, 3.05) is 6.54 Å². The fourth-order valence-electron chi connectivity index (χ4n) is 4.08. The van der Waals surface area contributed by atoms with E-state index in [0.29, 0.717) is 17.7 Å². The molecular formula is C29H29F2N3O2S. The number of carbonyl (C=O) groups is 1. The van der Waals surface area contributed by atoms with Crippen molar-refractivity contribution in [1.82, 2.24) is 10.3 Å². The van der Waals surface area contributed by atoms with Gasteiger partial charge in [-0.3, -0.25) is 0 Å². The van der Waals surface area contributed by atoms with Crippen LogP contribution >= 0.6 is 11.3 Å². The van der Waals surface area contributed by atoms with E-state index in [-0.39, 0.29) is 13.0 Å². The van der Waals surface area contributed by atoms with Gasteiger partial charge in [0.05, 0.1) is 5.56 Å². The van der Waals surface area contributed by atoms with E-state index in [0.717, 1.165) is 28.6 Å². The molecule has 0 saturated carbocycles. The number of ether oxygens (including phenoxy) is 1. The minimum Gasteiger partial charge on any atom is -0.456 e. The number of hydrogen-bond donors (Lipinski definition) is 2. The van der Waals surface area contributed by atoms with Crippen LogP contribution in [0.5, 0.6) is 0 Å². The molecule has 1 heterocycles. The SMILES string of the molecule is CCc1cccc(CNC[C@@H](OC(=O)c2cccc(-c3nccs3)c2)[C@@H](N)Cc2cc(F)cc(F)c2)c1. The Morgan fingerprint density at radius 2 is 1.78 bits per heavy atom. The third-order valence-electron chi connectivity index (χ3n) is 5.98. The average molecular weight is 522 g/mol. The van der Waals surface area contributed by atoms with Crippen LogP contribution in [0, 0.1) is 11.6 Å². The van der Waals surface area contributed by atoms with E-state index in [1.165, 1.54) is 29.0 Å². The normalized spacial score (nSPS) is 12.8. The summed E-state index contributed by atoms with van der Waals surface area (Å²) in [6, 6.07) is 17.9. The van der Waals surface area contributed by atoms with Crippen LogP contribution in [0.3, 0.4) is 0 Å². The minimum absolute atomic E-state index is 0.138. The molecule has 3 N–H and O–H groups in total. The van der Waals surface area contributed by atoms with Crippen LogP contribution in [0.1, 0.15) is 34.0 Å². The van der Waals surface area contributed by atoms with Gasteiger partial charge in [-0.2, -0.15) is 0 Å². The molecule has 0 unspecified atom stereocenters. The van der Waals surface area contributed by atoms with Gasteiger partial charge < -0.3 is 15.8 Å². The zero-order valence-corrected chi connectivity index (χ0v) is 21.3. The number of esters is 1. The van der Waals surface area contributed by atoms with Crippen LogP contribution in [-0.4, -0.2) is 29.6 Å². The number of halogens is 2. The Bertz CT molecular complexity index is 1310. The van der Waals surface area contributed by atoms with Crippen LogP contribution in [0.2, 0.25) is 0 Å². The first-order valence-electron chi connectivity index (χ1n) is 12.1. The molecule has 4 rings (SSSR count). The second kappa shape index (κ2) is 12.7. The summed E-state index contributed by atoms with van der Waals surface area (Å²) in [5, 5.41) is 5.99. The van der Waals surface area contributed by atoms with Crippen molar-refractivity contribution in [1.29, 1.82) is 0 Å². The number of benzene rings is 3. The van der Waals surface area contributed by atoms with Gasteiger partial charge in [-0.25, -0.2) is 18.6 Å². The van der Waals surface area contributed by atoms with Crippen molar-refractivity contribution >= 4 is 17.3 Å². The Morgan fingerprint density at radius 3 is 2.51 bits per heavy atom. The highest BCUT2D eigenvalue weighted by Gasteiger charge is 2.24. The quantitative estimate of drug-likeness (QED) is 0.254. The number of rotatable bonds is 11. The molecule has 37 heavy (non-hydrogen) atoms. The second-order valence-electron chi connectivity index (χ2n) is 8.81. The highest BCUT2D eigenvalue weighted by Crippen LogP contribution is 2.23. The number of hydrogen-bond acceptors (Lipinski definition) is 6. The van der Waals surface area contributed by atoms with Gasteiger partial charge in [0.25, 0.3) is 0 Å². The second-order valence-corrected chi connectivity index (χ2v) is 9.71. The molecule has 0 amide bonds. The highest BCUT2D eigenvalue weighted by molar-refractivity contribution is 7.13. The monoisotopic (exact) mass is 521 g/mol. The number of aryl methyl sites for hydroxylation is 1. The molecular weight excluding hydrogens is 492 g/mol. The minimum atomic E-state index is -0.739. The third kappa shape index (κ3) is 7.52. The summed E-state index contributed by atoms with van der Waals surface area (Å²) in [4.78, 5) is 17.4. The van der Waals surface area contributed by atoms with Crippen molar-refractivity contribution in [2.45, 2.75) is 38.5 Å². The Morgan fingerprint density at radius 1 is 1.03 bits per heavy atom. The molecule has 0 fully saturated rings. The Balaban J connectivity index is 1.49. The van der Waals surface area contributed by atoms with E-state index >= 15 is 0 Å². The summed E-state index contributed by atoms with van der Waals surface area (Å²) in [6.45, 7) is 2.93. The number of nitrogens with two attached hydrogens (primary N) is 1. The lowest BCUT2D eigenvalue weighted by atomic mass is 10.0. The van der Waals surface area contributed by atoms with Gasteiger partial charge in [0.2, 0.25) is 0 Å². The fraction of sp³-hybridized carbons (Fsp3) is 0.241. The largest absolute Gasteiger partial charge is 0.456 e. The van der Waals surface area contributed by atoms with E-state index in [9.17, 15) is 13.6 Å². The summed E-state index contributed by atoms with van der Waals surface area (Å²) < 4.78 is 33.3. The maximum Gasteiger partial charge on any atom is 0.338 e. The third-order valence-corrected chi connectivity index (χ3v) is 6.80. The van der Waals surface area contributed by atoms with Crippen molar-refractivity contribution in [3.63, 3.8) is 0 Å². The Labute approximate surface area is 219 Å². The van der Waals surface area contributed by atoms with E-state index in [2.05, 4.69) is 29.4 Å². The van der Waals surface area contributed by atoms with Crippen molar-refractivity contribution in [2.24, 2.45) is 5.73 Å². The van der Waals surface area contributed by atoms with E-state index in [1.807, 2.05) is 23.6 Å². The highest BCUT2D eigenvalue weighted by atomic mass is 32.1. The van der Waals surface area contributed by atoms with Gasteiger partial charge in [-0.1, -0.05) is 43.3 Å². The van der Waals surface area contributed by atoms with Crippen molar-refractivity contribution < 1.29 is 18.3 Å². The van der Waals surface area contributed by atoms with Gasteiger partial charge in [-0.05, 0) is 53.8 Å². The lowest BCUT2D eigenvalue weighted by molar-refractivity contribution is 0.0238. The molecule has 3 aromatic carbocycles. The molecule has 4 aromatic rings. The maximum absolute atomic E-state index is 13.7. The standard InChI is InChI=1S/C29H29F2N3O2S/c1-2-19-5-3-6-20(11-19)17-33-18-27(26(32)14-21-12-24(30)16-25(31)13-21)36-29(35)23-8-4-7-22(15-23)28-34-9-10-37-28/h3-13,15-16,26-27,33H,2,14,17-18,32H2,1H3/t26-,27+/m0/s1. The van der Waals surface area contributed by atoms with Crippen LogP contribution in [0.4, 0.5) is 8.78 Å². The zero-order valence-electron chi connectivity index (χ0n) is 20.5. The van der Waals surface area contributed by atoms with Gasteiger partial charge in [0.15, 0.2) is 0 Å². The predicted octanol–water partition coefficient (Wildman–Crippen LogP) is 5.54. The molecule has 8 heteroatoms. The number of thiazole rings is 1. The molecule has 2 atom stereocenters. The first-order chi connectivity index (χ1) is 17.9. The summed E-state index contributed by atoms with van der Waals surface area (Å²) >= 11 is 1.48. The zero-order chi connectivity index (χ0) is 26.2. The molecule has 0 bridgehead atoms. The first kappa shape index (κ1) is 26.6. The molecule has 192 valence electrons. The van der Waals surface area contributed by atoms with E-state index in [4.69, 9.17) is 10.5 Å². The van der Waals surface area contributed by atoms with Crippen LogP contribution in [0.15, 0.2) is 78.3 Å². The number of aromatic nitrogens is 1. The Hall–Kier alpha value is -3.46. The first-order valence-corrected chi connectivity index (χ1v) is 13.0. The predicted molar refractivity (Wildman–Crippen MR) is 142 cm³/mol. The van der Waals surface area contributed by atoms with Gasteiger partial charge in [0, 0.05) is 42.3 Å². The molecule has 0 radical (unpaired) electrons. The topological polar surface area (TPSA) is 77.2 Å². The number of carbonyl (C=O) groups excluding carboxylic acids is 1. The molecule has 0 aliphatic rings. The summed E-state index contributed by atoms with van der Waals surface area (Å²) in [5.74, 6) is -1.88. The van der Waals surface area contributed by atoms with Crippen LogP contribution in [-0.2, 0) is 24.1 Å². The Kier molecular flexibility index (Phi) is 9.11. The lowest BCUT2D eigenvalue weighted by Gasteiger charge is -2.25. The van der Waals surface area contributed by atoms with Crippen molar-refractivity contribution in [3.05, 3.63) is 112 Å². The summed E-state index contributed by atoms with van der Waals surface area (Å²) in [5.41, 5.74) is 10.3. The summed E-state index contributed by atoms with van der Waals surface area (Å²) in [7, 11) is 0. The number of nitrogens with one attached hydrogen (secondary N) is 1. The lowest BCUT2D eigenvalue weighted by Crippen LogP contribution is -2.46. The smallest absolute Gasteiger partial charge is 0.338 e. The maximum atomic E-state index is 13.7. The molecule has 5 nitrogen and oxygen atoms in total.